The van der Waals surface area contributed by atoms with Gasteiger partial charge in [-0.1, -0.05) is 42.5 Å². The number of ether oxygens (including phenoxy) is 1. The maximum absolute atomic E-state index is 12.7. The molecule has 8 heteroatoms. The predicted octanol–water partition coefficient (Wildman–Crippen LogP) is 4.30. The van der Waals surface area contributed by atoms with Crippen molar-refractivity contribution >= 4 is 35.2 Å². The number of hydrogen-bond acceptors (Lipinski definition) is 8. The summed E-state index contributed by atoms with van der Waals surface area (Å²) in [5.74, 6) is 1.21. The van der Waals surface area contributed by atoms with E-state index in [4.69, 9.17) is 4.74 Å². The molecular formula is C24H29N5O2S. The van der Waals surface area contributed by atoms with Gasteiger partial charge in [0.05, 0.1) is 7.11 Å². The molecule has 0 radical (unpaired) electrons. The Morgan fingerprint density at radius 2 is 1.62 bits per heavy atom. The molecule has 32 heavy (non-hydrogen) atoms. The minimum Gasteiger partial charge on any atom is -0.465 e. The van der Waals surface area contributed by atoms with Crippen LogP contribution in [0.3, 0.4) is 0 Å². The number of esters is 1. The maximum Gasteiger partial charge on any atom is 0.344 e. The van der Waals surface area contributed by atoms with Gasteiger partial charge in [-0.05, 0) is 23.3 Å². The molecule has 1 N–H and O–H groups in total. The van der Waals surface area contributed by atoms with E-state index in [1.165, 1.54) is 18.9 Å². The smallest absolute Gasteiger partial charge is 0.344 e. The van der Waals surface area contributed by atoms with Crippen LogP contribution in [0.2, 0.25) is 0 Å². The fourth-order valence-corrected chi connectivity index (χ4v) is 3.94. The fourth-order valence-electron chi connectivity index (χ4n) is 2.97. The van der Waals surface area contributed by atoms with Crippen LogP contribution in [0, 0.1) is 0 Å². The molecule has 2 aromatic carbocycles. The summed E-state index contributed by atoms with van der Waals surface area (Å²) in [6, 6.07) is 18.3. The second-order valence-electron chi connectivity index (χ2n) is 7.63. The molecule has 0 aliphatic rings. The van der Waals surface area contributed by atoms with Gasteiger partial charge in [0, 0.05) is 46.2 Å². The lowest BCUT2D eigenvalue weighted by Gasteiger charge is -2.18. The summed E-state index contributed by atoms with van der Waals surface area (Å²) >= 11 is 1.49. The standard InChI is InChI=1S/C24H29N5O2S/c1-28(2)19-13-11-17(12-14-19)15-25-21-20(23(30)31-5)22(27-24(26-21)29(3)4)32-16-18-9-7-6-8-10-18/h6-14H,15-16H2,1-5H3,(H,25,26,27). The van der Waals surface area contributed by atoms with E-state index in [0.717, 1.165) is 16.8 Å². The highest BCUT2D eigenvalue weighted by Gasteiger charge is 2.23. The van der Waals surface area contributed by atoms with E-state index < -0.39 is 5.97 Å². The zero-order chi connectivity index (χ0) is 23.1. The first-order valence-corrected chi connectivity index (χ1v) is 11.2. The molecule has 3 aromatic rings. The highest BCUT2D eigenvalue weighted by Crippen LogP contribution is 2.31. The van der Waals surface area contributed by atoms with Gasteiger partial charge in [-0.25, -0.2) is 9.78 Å². The number of thioether (sulfide) groups is 1. The molecule has 0 spiro atoms. The van der Waals surface area contributed by atoms with E-state index >= 15 is 0 Å². The Bertz CT molecular complexity index is 1040. The van der Waals surface area contributed by atoms with Crippen molar-refractivity contribution in [3.63, 3.8) is 0 Å². The van der Waals surface area contributed by atoms with Crippen LogP contribution in [0.1, 0.15) is 21.5 Å². The SMILES string of the molecule is COC(=O)c1c(NCc2ccc(N(C)C)cc2)nc(N(C)C)nc1SCc1ccccc1. The third-order valence-electron chi connectivity index (χ3n) is 4.78. The van der Waals surface area contributed by atoms with Gasteiger partial charge in [0.1, 0.15) is 16.4 Å². The molecule has 0 bridgehead atoms. The monoisotopic (exact) mass is 451 g/mol. The summed E-state index contributed by atoms with van der Waals surface area (Å²) < 4.78 is 5.07. The van der Waals surface area contributed by atoms with E-state index in [1.807, 2.05) is 51.3 Å². The van der Waals surface area contributed by atoms with Crippen LogP contribution < -0.4 is 15.1 Å². The topological polar surface area (TPSA) is 70.6 Å². The Kier molecular flexibility index (Phi) is 7.94. The van der Waals surface area contributed by atoms with Gasteiger partial charge < -0.3 is 19.9 Å². The Hall–Kier alpha value is -3.26. The van der Waals surface area contributed by atoms with Crippen LogP contribution in [0.4, 0.5) is 17.5 Å². The number of methoxy groups -OCH3 is 1. The van der Waals surface area contributed by atoms with Gasteiger partial charge in [-0.2, -0.15) is 4.98 Å². The largest absolute Gasteiger partial charge is 0.465 e. The summed E-state index contributed by atoms with van der Waals surface area (Å²) in [5.41, 5.74) is 3.70. The zero-order valence-electron chi connectivity index (χ0n) is 19.1. The number of carbonyl (C=O) groups excluding carboxylic acids is 1. The minimum absolute atomic E-state index is 0.351. The first kappa shape index (κ1) is 23.4. The van der Waals surface area contributed by atoms with Crippen molar-refractivity contribution in [2.75, 3.05) is 50.4 Å². The molecule has 0 aliphatic carbocycles. The van der Waals surface area contributed by atoms with Crippen molar-refractivity contribution in [3.8, 4) is 0 Å². The summed E-state index contributed by atoms with van der Waals surface area (Å²) in [7, 11) is 9.14. The van der Waals surface area contributed by atoms with Crippen LogP contribution in [0.5, 0.6) is 0 Å². The van der Waals surface area contributed by atoms with Crippen LogP contribution in [-0.4, -0.2) is 51.2 Å². The van der Waals surface area contributed by atoms with Crippen molar-refractivity contribution < 1.29 is 9.53 Å². The Morgan fingerprint density at radius 3 is 2.22 bits per heavy atom. The number of nitrogens with one attached hydrogen (secondary N) is 1. The summed E-state index contributed by atoms with van der Waals surface area (Å²) in [6.45, 7) is 0.518. The first-order valence-electron chi connectivity index (χ1n) is 10.2. The molecule has 3 rings (SSSR count). The van der Waals surface area contributed by atoms with Crippen molar-refractivity contribution in [2.24, 2.45) is 0 Å². The van der Waals surface area contributed by atoms with Gasteiger partial charge >= 0.3 is 5.97 Å². The molecule has 0 saturated heterocycles. The van der Waals surface area contributed by atoms with Crippen molar-refractivity contribution in [1.29, 1.82) is 0 Å². The number of benzene rings is 2. The van der Waals surface area contributed by atoms with Crippen molar-refractivity contribution in [3.05, 3.63) is 71.3 Å². The fraction of sp³-hybridized carbons (Fsp3) is 0.292. The van der Waals surface area contributed by atoms with E-state index in [2.05, 4.69) is 56.6 Å². The number of rotatable bonds is 9. The van der Waals surface area contributed by atoms with Gasteiger partial charge in [-0.3, -0.25) is 0 Å². The maximum atomic E-state index is 12.7. The lowest BCUT2D eigenvalue weighted by atomic mass is 10.2. The predicted molar refractivity (Wildman–Crippen MR) is 132 cm³/mol. The number of aromatic nitrogens is 2. The first-order chi connectivity index (χ1) is 15.4. The zero-order valence-corrected chi connectivity index (χ0v) is 19.9. The second kappa shape index (κ2) is 10.9. The number of carbonyl (C=O) groups is 1. The molecule has 7 nitrogen and oxygen atoms in total. The van der Waals surface area contributed by atoms with Gasteiger partial charge in [0.15, 0.2) is 0 Å². The third kappa shape index (κ3) is 5.91. The third-order valence-corrected chi connectivity index (χ3v) is 5.83. The average Bonchev–Trinajstić information content (AvgIpc) is 2.81. The average molecular weight is 452 g/mol. The Balaban J connectivity index is 1.91. The van der Waals surface area contributed by atoms with Gasteiger partial charge in [0.2, 0.25) is 5.95 Å². The molecule has 1 heterocycles. The molecule has 168 valence electrons. The summed E-state index contributed by atoms with van der Waals surface area (Å²) in [5, 5.41) is 3.91. The molecule has 0 saturated carbocycles. The summed E-state index contributed by atoms with van der Waals surface area (Å²) in [4.78, 5) is 25.8. The minimum atomic E-state index is -0.462. The number of anilines is 3. The van der Waals surface area contributed by atoms with E-state index in [0.29, 0.717) is 34.7 Å². The molecular weight excluding hydrogens is 422 g/mol. The molecule has 0 atom stereocenters. The molecule has 0 aliphatic heterocycles. The number of nitrogens with zero attached hydrogens (tertiary/aromatic N) is 4. The van der Waals surface area contributed by atoms with Crippen molar-refractivity contribution in [1.82, 2.24) is 9.97 Å². The molecule has 0 fully saturated rings. The lowest BCUT2D eigenvalue weighted by molar-refractivity contribution is 0.0596. The van der Waals surface area contributed by atoms with E-state index in [-0.39, 0.29) is 0 Å². The van der Waals surface area contributed by atoms with Gasteiger partial charge in [0.25, 0.3) is 0 Å². The second-order valence-corrected chi connectivity index (χ2v) is 8.59. The van der Waals surface area contributed by atoms with Crippen LogP contribution in [-0.2, 0) is 17.0 Å². The quantitative estimate of drug-likeness (QED) is 0.293. The highest BCUT2D eigenvalue weighted by atomic mass is 32.2. The number of hydrogen-bond donors (Lipinski definition) is 1. The summed E-state index contributed by atoms with van der Waals surface area (Å²) in [6.07, 6.45) is 0. The van der Waals surface area contributed by atoms with Crippen LogP contribution >= 0.6 is 11.8 Å². The molecule has 1 aromatic heterocycles. The van der Waals surface area contributed by atoms with E-state index in [9.17, 15) is 4.79 Å². The highest BCUT2D eigenvalue weighted by molar-refractivity contribution is 7.98. The van der Waals surface area contributed by atoms with E-state index in [1.54, 1.807) is 0 Å². The van der Waals surface area contributed by atoms with Crippen molar-refractivity contribution in [2.45, 2.75) is 17.3 Å². The molecule has 0 amide bonds. The molecule has 0 unspecified atom stereocenters. The van der Waals surface area contributed by atoms with Gasteiger partial charge in [-0.15, -0.1) is 11.8 Å². The van der Waals surface area contributed by atoms with Crippen LogP contribution in [0.15, 0.2) is 59.6 Å². The lowest BCUT2D eigenvalue weighted by Crippen LogP contribution is -2.18. The van der Waals surface area contributed by atoms with Crippen LogP contribution in [0.25, 0.3) is 0 Å². The Morgan fingerprint density at radius 1 is 0.938 bits per heavy atom. The Labute approximate surface area is 193 Å². The normalized spacial score (nSPS) is 10.5.